The summed E-state index contributed by atoms with van der Waals surface area (Å²) in [6.45, 7) is 0. The summed E-state index contributed by atoms with van der Waals surface area (Å²) in [5.74, 6) is 0. The molecular formula is C5H7ClSSi. The Morgan fingerprint density at radius 1 is 1.75 bits per heavy atom. The molecule has 0 aromatic carbocycles. The zero-order valence-electron chi connectivity index (χ0n) is 4.43. The van der Waals surface area contributed by atoms with Crippen LogP contribution in [0.25, 0.3) is 0 Å². The Morgan fingerprint density at radius 3 is 3.12 bits per heavy atom. The molecule has 0 bridgehead atoms. The molecule has 44 valence electrons. The van der Waals surface area contributed by atoms with Gasteiger partial charge in [0.25, 0.3) is 0 Å². The predicted octanol–water partition coefficient (Wildman–Crippen LogP) is 0.738. The van der Waals surface area contributed by atoms with Gasteiger partial charge in [0.05, 0.1) is 9.52 Å². The molecule has 1 aromatic heterocycles. The first-order valence-electron chi connectivity index (χ1n) is 2.52. The van der Waals surface area contributed by atoms with Gasteiger partial charge >= 0.3 is 0 Å². The van der Waals surface area contributed by atoms with E-state index in [1.807, 2.05) is 11.3 Å². The van der Waals surface area contributed by atoms with Gasteiger partial charge in [-0.05, 0) is 9.88 Å². The van der Waals surface area contributed by atoms with E-state index in [2.05, 4.69) is 17.5 Å². The van der Waals surface area contributed by atoms with Gasteiger partial charge < -0.3 is 0 Å². The van der Waals surface area contributed by atoms with E-state index in [9.17, 15) is 0 Å². The minimum atomic E-state index is -0.0748. The highest BCUT2D eigenvalue weighted by atomic mass is 35.5. The van der Waals surface area contributed by atoms with Crippen molar-refractivity contribution in [1.29, 1.82) is 0 Å². The molecule has 0 saturated heterocycles. The first-order valence-corrected chi connectivity index (χ1v) is 5.64. The third-order valence-electron chi connectivity index (χ3n) is 0.921. The van der Waals surface area contributed by atoms with Crippen LogP contribution in [-0.4, -0.2) is 15.0 Å². The van der Waals surface area contributed by atoms with Gasteiger partial charge in [0.15, 0.2) is 0 Å². The summed E-state index contributed by atoms with van der Waals surface area (Å²) < 4.78 is 1.51. The van der Waals surface area contributed by atoms with Crippen molar-refractivity contribution in [3.63, 3.8) is 0 Å². The second kappa shape index (κ2) is 3.28. The molecule has 0 nitrogen and oxygen atoms in total. The molecule has 0 spiro atoms. The van der Waals surface area contributed by atoms with Crippen molar-refractivity contribution in [2.45, 2.75) is 0 Å². The SMILES string of the molecule is ClC[SiH2]c1cccs1. The molecule has 1 rings (SSSR count). The van der Waals surface area contributed by atoms with Gasteiger partial charge in [0, 0.05) is 5.50 Å². The molecule has 0 aliphatic carbocycles. The first-order chi connectivity index (χ1) is 3.93. The van der Waals surface area contributed by atoms with Crippen LogP contribution < -0.4 is 4.50 Å². The summed E-state index contributed by atoms with van der Waals surface area (Å²) in [6.07, 6.45) is 0. The number of hydrogen-bond donors (Lipinski definition) is 0. The van der Waals surface area contributed by atoms with E-state index in [-0.39, 0.29) is 9.52 Å². The summed E-state index contributed by atoms with van der Waals surface area (Å²) in [5.41, 5.74) is 0.876. The molecule has 0 aliphatic heterocycles. The van der Waals surface area contributed by atoms with Crippen molar-refractivity contribution in [3.8, 4) is 0 Å². The summed E-state index contributed by atoms with van der Waals surface area (Å²) in [7, 11) is -0.0748. The van der Waals surface area contributed by atoms with Crippen molar-refractivity contribution in [3.05, 3.63) is 17.5 Å². The van der Waals surface area contributed by atoms with E-state index in [0.29, 0.717) is 0 Å². The predicted molar refractivity (Wildman–Crippen MR) is 43.2 cm³/mol. The fourth-order valence-electron chi connectivity index (χ4n) is 0.548. The summed E-state index contributed by atoms with van der Waals surface area (Å²) in [6, 6.07) is 4.25. The largest absolute Gasteiger partial charge is 0.154 e. The van der Waals surface area contributed by atoms with Crippen LogP contribution in [0.3, 0.4) is 0 Å². The molecule has 0 amide bonds. The fraction of sp³-hybridized carbons (Fsp3) is 0.200. The minimum Gasteiger partial charge on any atom is -0.154 e. The van der Waals surface area contributed by atoms with E-state index >= 15 is 0 Å². The highest BCUT2D eigenvalue weighted by Gasteiger charge is 1.89. The fourth-order valence-corrected chi connectivity index (χ4v) is 3.54. The lowest BCUT2D eigenvalue weighted by molar-refractivity contribution is 2.03. The second-order valence-electron chi connectivity index (χ2n) is 1.52. The average Bonchev–Trinajstić information content (AvgIpc) is 2.19. The van der Waals surface area contributed by atoms with Gasteiger partial charge in [0.2, 0.25) is 0 Å². The van der Waals surface area contributed by atoms with Crippen molar-refractivity contribution in [1.82, 2.24) is 0 Å². The molecule has 0 atom stereocenters. The van der Waals surface area contributed by atoms with E-state index in [1.54, 1.807) is 0 Å². The second-order valence-corrected chi connectivity index (χ2v) is 5.84. The average molecular weight is 163 g/mol. The monoisotopic (exact) mass is 162 g/mol. The number of hydrogen-bond acceptors (Lipinski definition) is 1. The maximum atomic E-state index is 5.56. The Labute approximate surface area is 60.3 Å². The van der Waals surface area contributed by atoms with Crippen molar-refractivity contribution >= 4 is 37.0 Å². The molecule has 0 fully saturated rings. The maximum absolute atomic E-state index is 5.56. The topological polar surface area (TPSA) is 0 Å². The quantitative estimate of drug-likeness (QED) is 0.445. The molecule has 1 heterocycles. The van der Waals surface area contributed by atoms with Crippen LogP contribution in [-0.2, 0) is 0 Å². The molecule has 8 heavy (non-hydrogen) atoms. The standard InChI is InChI=1S/C5H7ClSSi/c6-4-8-5-2-1-3-7-5/h1-3H,4,8H2. The zero-order valence-corrected chi connectivity index (χ0v) is 7.42. The molecule has 0 unspecified atom stereocenters. The smallest absolute Gasteiger partial charge is 0.0840 e. The Morgan fingerprint density at radius 2 is 2.62 bits per heavy atom. The van der Waals surface area contributed by atoms with Gasteiger partial charge in [-0.25, -0.2) is 0 Å². The minimum absolute atomic E-state index is 0.0748. The highest BCUT2D eigenvalue weighted by Crippen LogP contribution is 1.91. The van der Waals surface area contributed by atoms with Crippen LogP contribution in [0.2, 0.25) is 0 Å². The molecule has 0 N–H and O–H groups in total. The van der Waals surface area contributed by atoms with E-state index in [4.69, 9.17) is 11.6 Å². The Balaban J connectivity index is 2.50. The van der Waals surface area contributed by atoms with Crippen molar-refractivity contribution < 1.29 is 0 Å². The van der Waals surface area contributed by atoms with Gasteiger partial charge in [-0.1, -0.05) is 12.1 Å². The zero-order chi connectivity index (χ0) is 5.82. The number of thiophene rings is 1. The summed E-state index contributed by atoms with van der Waals surface area (Å²) in [5, 5.41) is 2.11. The van der Waals surface area contributed by atoms with Crippen LogP contribution in [0, 0.1) is 0 Å². The lowest BCUT2D eigenvalue weighted by Crippen LogP contribution is -2.09. The number of rotatable bonds is 2. The molecule has 0 aliphatic rings. The van der Waals surface area contributed by atoms with Crippen LogP contribution >= 0.6 is 22.9 Å². The van der Waals surface area contributed by atoms with Crippen LogP contribution in [0.4, 0.5) is 0 Å². The number of alkyl halides is 1. The maximum Gasteiger partial charge on any atom is 0.0840 e. The molecule has 0 radical (unpaired) electrons. The summed E-state index contributed by atoms with van der Waals surface area (Å²) >= 11 is 7.39. The Kier molecular flexibility index (Phi) is 2.59. The molecule has 0 saturated carbocycles. The van der Waals surface area contributed by atoms with Crippen LogP contribution in [0.15, 0.2) is 17.5 Å². The highest BCUT2D eigenvalue weighted by molar-refractivity contribution is 7.20. The van der Waals surface area contributed by atoms with Crippen molar-refractivity contribution in [2.75, 3.05) is 5.50 Å². The van der Waals surface area contributed by atoms with E-state index in [0.717, 1.165) is 5.50 Å². The van der Waals surface area contributed by atoms with Crippen LogP contribution in [0.5, 0.6) is 0 Å². The third kappa shape index (κ3) is 1.62. The Hall–Kier alpha value is 0.207. The lowest BCUT2D eigenvalue weighted by Gasteiger charge is -1.82. The van der Waals surface area contributed by atoms with Crippen molar-refractivity contribution in [2.24, 2.45) is 0 Å². The van der Waals surface area contributed by atoms with Gasteiger partial charge in [0.1, 0.15) is 0 Å². The number of halogens is 1. The first kappa shape index (κ1) is 6.33. The van der Waals surface area contributed by atoms with Crippen LogP contribution in [0.1, 0.15) is 0 Å². The third-order valence-corrected chi connectivity index (χ3v) is 4.25. The molecule has 1 aromatic rings. The van der Waals surface area contributed by atoms with Gasteiger partial charge in [-0.2, -0.15) is 11.3 Å². The normalized spacial score (nSPS) is 11.1. The van der Waals surface area contributed by atoms with E-state index in [1.165, 1.54) is 4.50 Å². The van der Waals surface area contributed by atoms with Gasteiger partial charge in [-0.3, -0.25) is 0 Å². The lowest BCUT2D eigenvalue weighted by atomic mass is 10.7. The Bertz CT molecular complexity index is 138. The summed E-state index contributed by atoms with van der Waals surface area (Å²) in [4.78, 5) is 0. The van der Waals surface area contributed by atoms with Gasteiger partial charge in [-0.15, -0.1) is 11.6 Å². The molecule has 3 heteroatoms. The van der Waals surface area contributed by atoms with E-state index < -0.39 is 0 Å². The molecular weight excluding hydrogens is 156 g/mol.